The third-order valence-corrected chi connectivity index (χ3v) is 14.8. The second-order valence-corrected chi connectivity index (χ2v) is 21.8. The van der Waals surface area contributed by atoms with E-state index in [-0.39, 0.29) is 19.3 Å². The Morgan fingerprint density at radius 2 is 1.26 bits per heavy atom. The maximum absolute atomic E-state index is 13.4. The number of aromatic nitrogens is 2. The number of aliphatic hydroxyl groups is 4. The molecule has 39 nitrogen and oxygen atoms in total. The summed E-state index contributed by atoms with van der Waals surface area (Å²) >= 11 is 0. The molecule has 0 aromatic carbocycles. The molecule has 0 radical (unpaired) electrons. The van der Waals surface area contributed by atoms with E-state index in [1.54, 1.807) is 0 Å². The van der Waals surface area contributed by atoms with Gasteiger partial charge in [0.2, 0.25) is 41.4 Å². The van der Waals surface area contributed by atoms with Crippen molar-refractivity contribution in [2.45, 2.75) is 164 Å². The Morgan fingerprint density at radius 1 is 0.702 bits per heavy atom. The summed E-state index contributed by atoms with van der Waals surface area (Å²) < 4.78 is 57.1. The largest absolute Gasteiger partial charge is 0.483 e. The van der Waals surface area contributed by atoms with Crippen LogP contribution in [0.4, 0.5) is 0 Å². The fraction of sp³-hybridized carbons (Fsp3) is 0.674. The van der Waals surface area contributed by atoms with E-state index in [0.717, 1.165) is 40.0 Å². The van der Waals surface area contributed by atoms with E-state index in [4.69, 9.17) is 29.6 Å². The Kier molecular flexibility index (Phi) is 27.3. The number of phosphoric ester groups is 2. The van der Waals surface area contributed by atoms with Gasteiger partial charge in [-0.2, -0.15) is 4.31 Å². The SMILES string of the molecule is CC(=O)N[C@H]1[C@@H](OP(=O)(O)OP(=O)(O)OC[C@H]2O[C@@H](n3ccc(=O)[nH]c3=O)[C@H](O)[C@@H]2O)O[C@H](CO)[C@@H](O)[C@@H]1O[C@H](C)C(=O)N[C@@H](C)C(=O)N[C@H](CCC(=O)N[C@@H](CCCC(NC(=O)CN)C(=O)O)C(=O)N[C@H](C)C(=O)N[C@H](C)C(=O)O)C(=O)O. The molecular formula is C43H68N10O29P2. The smallest absolute Gasteiger partial charge is 0.480 e. The molecule has 1 aromatic heterocycles. The van der Waals surface area contributed by atoms with Crippen molar-refractivity contribution in [1.29, 1.82) is 0 Å². The predicted octanol–water partition coefficient (Wildman–Crippen LogP) is -8.11. The fourth-order valence-electron chi connectivity index (χ4n) is 7.78. The van der Waals surface area contributed by atoms with Gasteiger partial charge in [0.05, 0.1) is 19.8 Å². The molecule has 0 saturated carbocycles. The van der Waals surface area contributed by atoms with Crippen molar-refractivity contribution in [3.8, 4) is 0 Å². The van der Waals surface area contributed by atoms with Crippen LogP contribution in [0.5, 0.6) is 0 Å². The van der Waals surface area contributed by atoms with Crippen LogP contribution in [0.25, 0.3) is 0 Å². The van der Waals surface area contributed by atoms with Gasteiger partial charge in [-0.15, -0.1) is 0 Å². The van der Waals surface area contributed by atoms with Crippen molar-refractivity contribution in [1.82, 2.24) is 46.8 Å². The molecule has 0 aliphatic carbocycles. The lowest BCUT2D eigenvalue weighted by Gasteiger charge is -2.44. The Morgan fingerprint density at radius 3 is 1.82 bits per heavy atom. The number of nitrogens with one attached hydrogen (secondary N) is 8. The average molecular weight is 1250 g/mol. The molecule has 84 heavy (non-hydrogen) atoms. The predicted molar refractivity (Wildman–Crippen MR) is 272 cm³/mol. The van der Waals surface area contributed by atoms with Gasteiger partial charge in [-0.1, -0.05) is 0 Å². The molecule has 3 unspecified atom stereocenters. The minimum atomic E-state index is -5.98. The van der Waals surface area contributed by atoms with Crippen molar-refractivity contribution in [2.75, 3.05) is 19.8 Å². The number of nitrogens with zero attached hydrogens (tertiary/aromatic N) is 1. The first-order valence-corrected chi connectivity index (χ1v) is 28.1. The van der Waals surface area contributed by atoms with Gasteiger partial charge in [-0.05, 0) is 53.4 Å². The summed E-state index contributed by atoms with van der Waals surface area (Å²) in [4.78, 5) is 172. The summed E-state index contributed by atoms with van der Waals surface area (Å²) in [7, 11) is -11.8. The Hall–Kier alpha value is -6.68. The Balaban J connectivity index is 1.68. The molecule has 3 heterocycles. The molecule has 474 valence electrons. The highest BCUT2D eigenvalue weighted by atomic mass is 31.3. The zero-order chi connectivity index (χ0) is 63.7. The summed E-state index contributed by atoms with van der Waals surface area (Å²) in [6.07, 6.45) is -18.6. The van der Waals surface area contributed by atoms with E-state index >= 15 is 0 Å². The van der Waals surface area contributed by atoms with E-state index in [1.165, 1.54) is 6.92 Å². The van der Waals surface area contributed by atoms with Gasteiger partial charge in [0.25, 0.3) is 5.56 Å². The topological polar surface area (TPSA) is 607 Å². The summed E-state index contributed by atoms with van der Waals surface area (Å²) in [6, 6.07) is -10.4. The molecule has 2 fully saturated rings. The van der Waals surface area contributed by atoms with Crippen LogP contribution in [-0.4, -0.2) is 225 Å². The molecule has 19 N–H and O–H groups in total. The van der Waals surface area contributed by atoms with Gasteiger partial charge in [0, 0.05) is 25.6 Å². The minimum Gasteiger partial charge on any atom is -0.480 e. The normalized spacial score (nSPS) is 25.2. The lowest BCUT2D eigenvalue weighted by molar-refractivity contribution is -0.261. The van der Waals surface area contributed by atoms with E-state index in [2.05, 4.69) is 46.1 Å². The third kappa shape index (κ3) is 21.7. The zero-order valence-electron chi connectivity index (χ0n) is 45.2. The standard InChI is InChI=1S/C43H68N10O29P2/c1-16(34(62)47-18(3)39(66)67)46-37(65)21(7-6-8-22(40(68)69)50-28(58)13-44)49-26(56)10-9-23(41(70)71)51-35(63)17(2)45-36(64)19(4)78-33-29(48-20(5)55)42(80-24(14-54)31(33)60)81-84(75,76)82-83(73,74)77-15-25-30(59)32(61)38(79-25)53-12-11-27(57)52-43(53)72/h11-12,16-19,21-25,29-33,38,42,54,59-61H,6-10,13-15,44H2,1-5H3,(H,45,64)(H,46,65)(H,47,62)(H,48,55)(H,49,56)(H,50,58)(H,51,63)(H,66,67)(H,68,69)(H,70,71)(H,73,74)(H,75,76)(H,52,57,72)/t16-,17+,18-,19-,21+,22?,23-,24-,25-,29-,30-,31-,32-,33-,38-,42-/m1/s1. The number of carboxylic acids is 3. The molecule has 2 saturated heterocycles. The van der Waals surface area contributed by atoms with Crippen LogP contribution < -0.4 is 54.2 Å². The molecule has 0 bridgehead atoms. The molecule has 2 aliphatic heterocycles. The van der Waals surface area contributed by atoms with Crippen LogP contribution in [0.1, 0.15) is 73.0 Å². The van der Waals surface area contributed by atoms with Crippen LogP contribution in [0.2, 0.25) is 0 Å². The number of hydrogen-bond donors (Lipinski definition) is 18. The number of ether oxygens (including phenoxy) is 3. The van der Waals surface area contributed by atoms with E-state index in [9.17, 15) is 107 Å². The molecule has 2 aliphatic rings. The van der Waals surface area contributed by atoms with Crippen LogP contribution >= 0.6 is 15.6 Å². The Bertz CT molecular complexity index is 2770. The zero-order valence-corrected chi connectivity index (χ0v) is 46.9. The maximum Gasteiger partial charge on any atom is 0.483 e. The highest BCUT2D eigenvalue weighted by molar-refractivity contribution is 7.61. The molecule has 18 atom stereocenters. The van der Waals surface area contributed by atoms with Gasteiger partial charge >= 0.3 is 39.2 Å². The van der Waals surface area contributed by atoms with Crippen LogP contribution in [0.3, 0.4) is 0 Å². The summed E-state index contributed by atoms with van der Waals surface area (Å²) in [5.74, 6) is -11.7. The third-order valence-electron chi connectivity index (χ3n) is 12.2. The van der Waals surface area contributed by atoms with Crippen LogP contribution in [-0.2, 0) is 84.6 Å². The Labute approximate surface area is 473 Å². The number of aliphatic carboxylic acids is 3. The number of phosphoric acid groups is 2. The van der Waals surface area contributed by atoms with Crippen molar-refractivity contribution in [3.63, 3.8) is 0 Å². The number of rotatable bonds is 33. The molecule has 3 rings (SSSR count). The second-order valence-electron chi connectivity index (χ2n) is 18.8. The summed E-state index contributed by atoms with van der Waals surface area (Å²) in [5, 5.41) is 86.0. The molecule has 41 heteroatoms. The number of aromatic amines is 1. The lowest BCUT2D eigenvalue weighted by Crippen LogP contribution is -2.66. The molecule has 0 spiro atoms. The van der Waals surface area contributed by atoms with Crippen LogP contribution in [0.15, 0.2) is 21.9 Å². The number of H-pyrrole nitrogens is 1. The van der Waals surface area contributed by atoms with Crippen molar-refractivity contribution in [3.05, 3.63) is 33.1 Å². The summed E-state index contributed by atoms with van der Waals surface area (Å²) in [6.45, 7) is 2.43. The average Bonchev–Trinajstić information content (AvgIpc) is 3.28. The number of aliphatic hydroxyl groups excluding tert-OH is 4. The highest BCUT2D eigenvalue weighted by Crippen LogP contribution is 2.61. The minimum absolute atomic E-state index is 0.171. The second kappa shape index (κ2) is 32.0. The fourth-order valence-corrected chi connectivity index (χ4v) is 9.94. The van der Waals surface area contributed by atoms with Gasteiger partial charge < -0.3 is 103 Å². The molecule has 1 aromatic rings. The maximum atomic E-state index is 13.4. The summed E-state index contributed by atoms with van der Waals surface area (Å²) in [5.41, 5.74) is 3.33. The van der Waals surface area contributed by atoms with Crippen molar-refractivity contribution >= 4 is 74.9 Å². The first-order valence-electron chi connectivity index (χ1n) is 25.1. The first kappa shape index (κ1) is 71.6. The number of carbonyl (C=O) groups is 10. The highest BCUT2D eigenvalue weighted by Gasteiger charge is 2.52. The van der Waals surface area contributed by atoms with Gasteiger partial charge in [0.15, 0.2) is 12.5 Å². The molecule has 7 amide bonds. The number of amides is 7. The number of carbonyl (C=O) groups excluding carboxylic acids is 7. The number of nitrogens with two attached hydrogens (primary N) is 1. The quantitative estimate of drug-likeness (QED) is 0.0291. The van der Waals surface area contributed by atoms with Crippen molar-refractivity contribution < 1.29 is 130 Å². The number of hydrogen-bond acceptors (Lipinski definition) is 25. The van der Waals surface area contributed by atoms with Crippen molar-refractivity contribution in [2.24, 2.45) is 5.73 Å². The van der Waals surface area contributed by atoms with Crippen LogP contribution in [0, 0.1) is 0 Å². The first-order chi connectivity index (χ1) is 39.0. The lowest BCUT2D eigenvalue weighted by atomic mass is 9.96. The van der Waals surface area contributed by atoms with Gasteiger partial charge in [-0.3, -0.25) is 61.7 Å². The number of carboxylic acid groups (broad SMARTS) is 3. The molecular weight excluding hydrogens is 1180 g/mol. The van der Waals surface area contributed by atoms with E-state index in [0.29, 0.717) is 4.57 Å². The van der Waals surface area contributed by atoms with E-state index in [1.807, 2.05) is 4.98 Å². The van der Waals surface area contributed by atoms with Gasteiger partial charge in [-0.25, -0.2) is 23.5 Å². The van der Waals surface area contributed by atoms with Gasteiger partial charge in [0.1, 0.15) is 85.0 Å². The monoisotopic (exact) mass is 1250 g/mol. The van der Waals surface area contributed by atoms with E-state index < -0.39 is 216 Å².